The zero-order valence-electron chi connectivity index (χ0n) is 19.9. The van der Waals surface area contributed by atoms with Crippen LogP contribution in [0.25, 0.3) is 0 Å². The molecule has 2 saturated carbocycles. The van der Waals surface area contributed by atoms with Crippen LogP contribution in [-0.2, 0) is 8.23 Å². The fourth-order valence-corrected chi connectivity index (χ4v) is 21.1. The second-order valence-electron chi connectivity index (χ2n) is 12.6. The van der Waals surface area contributed by atoms with Crippen molar-refractivity contribution in [2.24, 2.45) is 22.7 Å². The topological polar surface area (TPSA) is 18.5 Å². The third-order valence-corrected chi connectivity index (χ3v) is 19.6. The van der Waals surface area contributed by atoms with E-state index in [2.05, 4.69) is 63.6 Å². The lowest BCUT2D eigenvalue weighted by molar-refractivity contribution is 0.351. The van der Waals surface area contributed by atoms with Gasteiger partial charge in [-0.3, -0.25) is 0 Å². The highest BCUT2D eigenvalue weighted by atomic mass is 28.5. The SMILES string of the molecule is C[Si](C)(CCC12C=CC(CC1)C2)O[Si](C)(C)O[Si](C)(C)CCC12C=CC(CC1)C2. The molecule has 0 spiro atoms. The van der Waals surface area contributed by atoms with Crippen LogP contribution in [0.4, 0.5) is 0 Å². The molecule has 5 heteroatoms. The second kappa shape index (κ2) is 7.58. The van der Waals surface area contributed by atoms with Gasteiger partial charge >= 0.3 is 8.56 Å². The molecule has 0 radical (unpaired) electrons. The van der Waals surface area contributed by atoms with Crippen molar-refractivity contribution in [3.05, 3.63) is 24.3 Å². The molecular formula is C24H44O2Si3. The molecule has 4 aliphatic rings. The molecule has 164 valence electrons. The third-order valence-electron chi connectivity index (χ3n) is 8.30. The van der Waals surface area contributed by atoms with Gasteiger partial charge in [0.2, 0.25) is 0 Å². The van der Waals surface area contributed by atoms with E-state index in [0.717, 1.165) is 11.8 Å². The summed E-state index contributed by atoms with van der Waals surface area (Å²) in [5.41, 5.74) is 1.04. The highest BCUT2D eigenvalue weighted by Crippen LogP contribution is 2.53. The van der Waals surface area contributed by atoms with Crippen molar-refractivity contribution in [1.29, 1.82) is 0 Å². The number of rotatable bonds is 10. The fraction of sp³-hybridized carbons (Fsp3) is 0.833. The van der Waals surface area contributed by atoms with Gasteiger partial charge in [0.05, 0.1) is 0 Å². The van der Waals surface area contributed by atoms with Gasteiger partial charge in [0.25, 0.3) is 0 Å². The molecule has 0 aromatic carbocycles. The Labute approximate surface area is 183 Å². The van der Waals surface area contributed by atoms with E-state index < -0.39 is 25.2 Å². The first-order chi connectivity index (χ1) is 13.4. The molecule has 0 aliphatic heterocycles. The van der Waals surface area contributed by atoms with Crippen molar-refractivity contribution in [2.75, 3.05) is 0 Å². The average molecular weight is 449 g/mol. The standard InChI is InChI=1S/C24H44O2Si3/c1-27(2,17-15-23-11-7-21(19-23)8-12-23)25-29(5,6)26-28(3,4)18-16-24-13-9-22(20-24)10-14-24/h7,9,11,13,21-22H,8,10,12,14-20H2,1-6H3. The third kappa shape index (κ3) is 5.28. The molecule has 2 fully saturated rings. The first-order valence-corrected chi connectivity index (χ1v) is 21.2. The van der Waals surface area contributed by atoms with Crippen molar-refractivity contribution in [3.8, 4) is 0 Å². The van der Waals surface area contributed by atoms with Gasteiger partial charge in [-0.2, -0.15) is 0 Å². The van der Waals surface area contributed by atoms with E-state index in [0.29, 0.717) is 10.8 Å². The van der Waals surface area contributed by atoms with Crippen LogP contribution in [0.2, 0.25) is 51.4 Å². The Bertz CT molecular complexity index is 628. The van der Waals surface area contributed by atoms with Crippen LogP contribution >= 0.6 is 0 Å². The molecule has 2 nitrogen and oxygen atoms in total. The smallest absolute Gasteiger partial charge is 0.311 e. The van der Waals surface area contributed by atoms with Gasteiger partial charge in [-0.15, -0.1) is 0 Å². The van der Waals surface area contributed by atoms with Gasteiger partial charge < -0.3 is 8.23 Å². The molecule has 4 rings (SSSR count). The summed E-state index contributed by atoms with van der Waals surface area (Å²) in [6, 6.07) is 2.56. The highest BCUT2D eigenvalue weighted by Gasteiger charge is 2.45. The first-order valence-electron chi connectivity index (χ1n) is 12.2. The van der Waals surface area contributed by atoms with E-state index in [9.17, 15) is 0 Å². The number of allylic oxidation sites excluding steroid dienone is 4. The van der Waals surface area contributed by atoms with Crippen LogP contribution in [0.1, 0.15) is 51.4 Å². The summed E-state index contributed by atoms with van der Waals surface area (Å²) in [5.74, 6) is 1.76. The summed E-state index contributed by atoms with van der Waals surface area (Å²) in [5, 5.41) is 0. The van der Waals surface area contributed by atoms with Crippen LogP contribution in [0.15, 0.2) is 24.3 Å². The maximum atomic E-state index is 6.91. The molecule has 4 aliphatic carbocycles. The van der Waals surface area contributed by atoms with Crippen LogP contribution in [0, 0.1) is 22.7 Å². The van der Waals surface area contributed by atoms with Crippen LogP contribution in [-0.4, -0.2) is 25.2 Å². The van der Waals surface area contributed by atoms with E-state index in [1.165, 1.54) is 63.5 Å². The summed E-state index contributed by atoms with van der Waals surface area (Å²) in [6.45, 7) is 14.4. The van der Waals surface area contributed by atoms with Gasteiger partial charge in [0, 0.05) is 0 Å². The molecule has 0 saturated heterocycles. The Kier molecular flexibility index (Phi) is 5.81. The van der Waals surface area contributed by atoms with Crippen molar-refractivity contribution in [2.45, 2.75) is 103 Å². The quantitative estimate of drug-likeness (QED) is 0.253. The van der Waals surface area contributed by atoms with Gasteiger partial charge in [0.15, 0.2) is 16.6 Å². The van der Waals surface area contributed by atoms with Crippen molar-refractivity contribution >= 4 is 25.2 Å². The molecule has 0 N–H and O–H groups in total. The Balaban J connectivity index is 1.27. The molecule has 4 bridgehead atoms. The lowest BCUT2D eigenvalue weighted by atomic mass is 9.85. The van der Waals surface area contributed by atoms with Gasteiger partial charge in [-0.05, 0) is 125 Å². The van der Waals surface area contributed by atoms with E-state index in [1.807, 2.05) is 0 Å². The summed E-state index contributed by atoms with van der Waals surface area (Å²) >= 11 is 0. The minimum atomic E-state index is -2.09. The Morgan fingerprint density at radius 3 is 1.41 bits per heavy atom. The Morgan fingerprint density at radius 1 is 0.724 bits per heavy atom. The second-order valence-corrected chi connectivity index (χ2v) is 25.0. The summed E-state index contributed by atoms with van der Waals surface area (Å²) < 4.78 is 13.8. The lowest BCUT2D eigenvalue weighted by Gasteiger charge is -2.40. The zero-order chi connectivity index (χ0) is 21.0. The molecule has 0 heterocycles. The van der Waals surface area contributed by atoms with Crippen molar-refractivity contribution < 1.29 is 8.23 Å². The largest absolute Gasteiger partial charge is 0.437 e. The van der Waals surface area contributed by atoms with Crippen LogP contribution in [0.5, 0.6) is 0 Å². The highest BCUT2D eigenvalue weighted by molar-refractivity contribution is 6.87. The van der Waals surface area contributed by atoms with Crippen LogP contribution in [0.3, 0.4) is 0 Å². The maximum Gasteiger partial charge on any atom is 0.311 e. The monoisotopic (exact) mass is 448 g/mol. The minimum absolute atomic E-state index is 0.520. The number of hydrogen-bond donors (Lipinski definition) is 0. The van der Waals surface area contributed by atoms with Gasteiger partial charge in [-0.1, -0.05) is 24.3 Å². The predicted molar refractivity (Wildman–Crippen MR) is 131 cm³/mol. The van der Waals surface area contributed by atoms with E-state index in [4.69, 9.17) is 8.23 Å². The molecule has 0 aromatic rings. The van der Waals surface area contributed by atoms with Crippen molar-refractivity contribution in [3.63, 3.8) is 0 Å². The van der Waals surface area contributed by atoms with E-state index in [-0.39, 0.29) is 0 Å². The summed E-state index contributed by atoms with van der Waals surface area (Å²) in [6.07, 6.45) is 21.2. The van der Waals surface area contributed by atoms with Crippen molar-refractivity contribution in [1.82, 2.24) is 0 Å². The number of fused-ring (bicyclic) bond motifs is 4. The molecule has 4 atom stereocenters. The molecule has 0 amide bonds. The van der Waals surface area contributed by atoms with Gasteiger partial charge in [-0.25, -0.2) is 0 Å². The van der Waals surface area contributed by atoms with E-state index in [1.54, 1.807) is 0 Å². The lowest BCUT2D eigenvalue weighted by Crippen LogP contribution is -2.52. The molecule has 4 unspecified atom stereocenters. The van der Waals surface area contributed by atoms with Gasteiger partial charge in [0.1, 0.15) is 0 Å². The minimum Gasteiger partial charge on any atom is -0.437 e. The zero-order valence-corrected chi connectivity index (χ0v) is 22.9. The average Bonchev–Trinajstić information content (AvgIpc) is 3.37. The summed E-state index contributed by atoms with van der Waals surface area (Å²) in [4.78, 5) is 0. The predicted octanol–water partition coefficient (Wildman–Crippen LogP) is 7.62. The maximum absolute atomic E-state index is 6.91. The summed E-state index contributed by atoms with van der Waals surface area (Å²) in [7, 11) is -5.49. The Morgan fingerprint density at radius 2 is 1.14 bits per heavy atom. The molecule has 29 heavy (non-hydrogen) atoms. The normalized spacial score (nSPS) is 35.9. The van der Waals surface area contributed by atoms with E-state index >= 15 is 0 Å². The molecular weight excluding hydrogens is 405 g/mol. The molecule has 0 aromatic heterocycles. The number of hydrogen-bond acceptors (Lipinski definition) is 2. The van der Waals surface area contributed by atoms with Crippen LogP contribution < -0.4 is 0 Å². The fourth-order valence-electron chi connectivity index (χ4n) is 6.88. The first kappa shape index (κ1) is 22.3. The Hall–Kier alpha value is 0.0506.